The second-order valence-corrected chi connectivity index (χ2v) is 7.15. The highest BCUT2D eigenvalue weighted by Crippen LogP contribution is 2.26. The number of hydrogen-bond acceptors (Lipinski definition) is 2. The molecule has 0 aliphatic heterocycles. The Kier molecular flexibility index (Phi) is 4.24. The van der Waals surface area contributed by atoms with Crippen LogP contribution in [0.4, 0.5) is 5.69 Å². The maximum atomic E-state index is 13.1. The van der Waals surface area contributed by atoms with E-state index in [1.54, 1.807) is 0 Å². The van der Waals surface area contributed by atoms with Crippen LogP contribution in [0.3, 0.4) is 0 Å². The molecule has 2 heterocycles. The first kappa shape index (κ1) is 16.8. The van der Waals surface area contributed by atoms with E-state index < -0.39 is 0 Å². The first-order chi connectivity index (χ1) is 12.6. The summed E-state index contributed by atoms with van der Waals surface area (Å²) in [6.07, 6.45) is 2.63. The Bertz CT molecular complexity index is 1140. The molecule has 1 N–H and O–H groups in total. The zero-order chi connectivity index (χ0) is 18.3. The van der Waals surface area contributed by atoms with Crippen LogP contribution in [0.5, 0.6) is 0 Å². The Morgan fingerprint density at radius 2 is 1.96 bits per heavy atom. The van der Waals surface area contributed by atoms with E-state index in [1.807, 2.05) is 73.0 Å². The third-order valence-corrected chi connectivity index (χ3v) is 5.06. The van der Waals surface area contributed by atoms with E-state index in [0.29, 0.717) is 12.1 Å². The highest BCUT2D eigenvalue weighted by Gasteiger charge is 2.20. The highest BCUT2D eigenvalue weighted by atomic mass is 79.9. The molecule has 0 spiro atoms. The number of amides is 1. The van der Waals surface area contributed by atoms with Gasteiger partial charge in [-0.25, -0.2) is 4.98 Å². The molecule has 2 aromatic carbocycles. The van der Waals surface area contributed by atoms with Crippen molar-refractivity contribution in [2.75, 3.05) is 5.32 Å². The molecule has 0 saturated heterocycles. The number of hydrogen-bond donors (Lipinski definition) is 1. The maximum Gasteiger partial charge on any atom is 0.274 e. The fraction of sp³-hybridized carbons (Fsp3) is 0.143. The zero-order valence-corrected chi connectivity index (χ0v) is 16.2. The van der Waals surface area contributed by atoms with Crippen molar-refractivity contribution < 1.29 is 4.79 Å². The average molecular weight is 408 g/mol. The molecule has 4 rings (SSSR count). The van der Waals surface area contributed by atoms with Gasteiger partial charge in [-0.05, 0) is 52.4 Å². The van der Waals surface area contributed by atoms with Gasteiger partial charge in [0.1, 0.15) is 5.69 Å². The van der Waals surface area contributed by atoms with Crippen molar-refractivity contribution in [3.63, 3.8) is 0 Å². The SMILES string of the molecule is CCc1nc2c(Br)cc(C)cn2c1C(=O)Nc1cccc2ccccc12. The Morgan fingerprint density at radius 1 is 1.19 bits per heavy atom. The molecule has 26 heavy (non-hydrogen) atoms. The number of aryl methyl sites for hydroxylation is 2. The van der Waals surface area contributed by atoms with E-state index >= 15 is 0 Å². The lowest BCUT2D eigenvalue weighted by Crippen LogP contribution is -2.16. The van der Waals surface area contributed by atoms with E-state index in [0.717, 1.165) is 37.8 Å². The normalized spacial score (nSPS) is 11.2. The summed E-state index contributed by atoms with van der Waals surface area (Å²) >= 11 is 3.56. The van der Waals surface area contributed by atoms with E-state index in [4.69, 9.17) is 0 Å². The third kappa shape index (κ3) is 2.78. The first-order valence-corrected chi connectivity index (χ1v) is 9.34. The van der Waals surface area contributed by atoms with Crippen LogP contribution in [0, 0.1) is 6.92 Å². The number of nitrogens with one attached hydrogen (secondary N) is 1. The van der Waals surface area contributed by atoms with Gasteiger partial charge < -0.3 is 5.32 Å². The zero-order valence-electron chi connectivity index (χ0n) is 14.6. The standard InChI is InChI=1S/C21H18BrN3O/c1-3-17-19(25-12-13(2)11-16(22)20(25)23-17)21(26)24-18-10-6-8-14-7-4-5-9-15(14)18/h4-12H,3H2,1-2H3,(H,24,26). The molecule has 5 heteroatoms. The summed E-state index contributed by atoms with van der Waals surface area (Å²) in [4.78, 5) is 17.8. The van der Waals surface area contributed by atoms with Crippen LogP contribution in [0.25, 0.3) is 16.4 Å². The molecule has 4 nitrogen and oxygen atoms in total. The van der Waals surface area contributed by atoms with Crippen molar-refractivity contribution in [3.05, 3.63) is 76.2 Å². The quantitative estimate of drug-likeness (QED) is 0.495. The summed E-state index contributed by atoms with van der Waals surface area (Å²) in [5.41, 5.74) is 3.99. The highest BCUT2D eigenvalue weighted by molar-refractivity contribution is 9.10. The summed E-state index contributed by atoms with van der Waals surface area (Å²) in [7, 11) is 0. The maximum absolute atomic E-state index is 13.1. The molecule has 1 amide bonds. The molecule has 0 radical (unpaired) electrons. The van der Waals surface area contributed by atoms with Gasteiger partial charge in [0.15, 0.2) is 5.65 Å². The van der Waals surface area contributed by atoms with E-state index in [9.17, 15) is 4.79 Å². The minimum atomic E-state index is -0.150. The number of anilines is 1. The molecule has 0 aliphatic carbocycles. The largest absolute Gasteiger partial charge is 0.320 e. The number of imidazole rings is 1. The Labute approximate surface area is 160 Å². The van der Waals surface area contributed by atoms with Gasteiger partial charge in [0.2, 0.25) is 0 Å². The van der Waals surface area contributed by atoms with Crippen LogP contribution in [-0.4, -0.2) is 15.3 Å². The lowest BCUT2D eigenvalue weighted by molar-refractivity contribution is 0.102. The second-order valence-electron chi connectivity index (χ2n) is 6.30. The van der Waals surface area contributed by atoms with Gasteiger partial charge in [-0.15, -0.1) is 0 Å². The lowest BCUT2D eigenvalue weighted by Gasteiger charge is -2.10. The average Bonchev–Trinajstić information content (AvgIpc) is 3.01. The molecule has 130 valence electrons. The summed E-state index contributed by atoms with van der Waals surface area (Å²) in [6, 6.07) is 15.9. The fourth-order valence-corrected chi connectivity index (χ4v) is 3.92. The topological polar surface area (TPSA) is 46.4 Å². The summed E-state index contributed by atoms with van der Waals surface area (Å²) in [5, 5.41) is 5.19. The van der Waals surface area contributed by atoms with Crippen molar-refractivity contribution >= 4 is 43.9 Å². The predicted octanol–water partition coefficient (Wildman–Crippen LogP) is 5.37. The van der Waals surface area contributed by atoms with Crippen LogP contribution in [0.2, 0.25) is 0 Å². The van der Waals surface area contributed by atoms with Crippen LogP contribution in [0.1, 0.15) is 28.7 Å². The van der Waals surface area contributed by atoms with Crippen molar-refractivity contribution in [2.45, 2.75) is 20.3 Å². The van der Waals surface area contributed by atoms with Crippen LogP contribution < -0.4 is 5.32 Å². The minimum absolute atomic E-state index is 0.150. The van der Waals surface area contributed by atoms with Gasteiger partial charge in [0.25, 0.3) is 5.91 Å². The monoisotopic (exact) mass is 407 g/mol. The van der Waals surface area contributed by atoms with Crippen molar-refractivity contribution in [1.82, 2.24) is 9.38 Å². The minimum Gasteiger partial charge on any atom is -0.320 e. The number of halogens is 1. The Balaban J connectivity index is 1.83. The van der Waals surface area contributed by atoms with Gasteiger partial charge in [-0.3, -0.25) is 9.20 Å². The van der Waals surface area contributed by atoms with Gasteiger partial charge in [0.05, 0.1) is 10.2 Å². The molecule has 0 atom stereocenters. The number of aromatic nitrogens is 2. The first-order valence-electron chi connectivity index (χ1n) is 8.54. The predicted molar refractivity (Wildman–Crippen MR) is 109 cm³/mol. The van der Waals surface area contributed by atoms with E-state index in [1.165, 1.54) is 0 Å². The summed E-state index contributed by atoms with van der Waals surface area (Å²) in [5.74, 6) is -0.150. The molecule has 0 unspecified atom stereocenters. The number of nitrogens with zero attached hydrogens (tertiary/aromatic N) is 2. The van der Waals surface area contributed by atoms with Gasteiger partial charge in [-0.2, -0.15) is 0 Å². The molecule has 4 aromatic rings. The smallest absolute Gasteiger partial charge is 0.274 e. The van der Waals surface area contributed by atoms with Crippen LogP contribution in [-0.2, 0) is 6.42 Å². The number of rotatable bonds is 3. The van der Waals surface area contributed by atoms with Crippen molar-refractivity contribution in [3.8, 4) is 0 Å². The van der Waals surface area contributed by atoms with E-state index in [-0.39, 0.29) is 5.91 Å². The van der Waals surface area contributed by atoms with Crippen LogP contribution >= 0.6 is 15.9 Å². The number of carbonyl (C=O) groups is 1. The van der Waals surface area contributed by atoms with E-state index in [2.05, 4.69) is 26.2 Å². The van der Waals surface area contributed by atoms with Crippen molar-refractivity contribution in [1.29, 1.82) is 0 Å². The number of carbonyl (C=O) groups excluding carboxylic acids is 1. The van der Waals surface area contributed by atoms with Gasteiger partial charge in [-0.1, -0.05) is 43.3 Å². The number of benzene rings is 2. The van der Waals surface area contributed by atoms with Crippen molar-refractivity contribution in [2.24, 2.45) is 0 Å². The summed E-state index contributed by atoms with van der Waals surface area (Å²) < 4.78 is 2.76. The lowest BCUT2D eigenvalue weighted by atomic mass is 10.1. The number of fused-ring (bicyclic) bond motifs is 2. The Hall–Kier alpha value is -2.66. The third-order valence-electron chi connectivity index (χ3n) is 4.47. The molecule has 0 fully saturated rings. The fourth-order valence-electron chi connectivity index (χ4n) is 3.28. The van der Waals surface area contributed by atoms with Gasteiger partial charge >= 0.3 is 0 Å². The molecule has 2 aromatic heterocycles. The molecule has 0 bridgehead atoms. The van der Waals surface area contributed by atoms with Gasteiger partial charge in [0, 0.05) is 17.3 Å². The Morgan fingerprint density at radius 3 is 2.77 bits per heavy atom. The molecular weight excluding hydrogens is 390 g/mol. The molecular formula is C21H18BrN3O. The summed E-state index contributed by atoms with van der Waals surface area (Å²) in [6.45, 7) is 4.01. The molecule has 0 aliphatic rings. The second kappa shape index (κ2) is 6.57. The number of pyridine rings is 1. The van der Waals surface area contributed by atoms with Crippen LogP contribution in [0.15, 0.2) is 59.2 Å². The molecule has 0 saturated carbocycles.